The number of ether oxygens (including phenoxy) is 2. The first kappa shape index (κ1) is 11.3. The van der Waals surface area contributed by atoms with Gasteiger partial charge in [0.05, 0.1) is 0 Å². The maximum Gasteiger partial charge on any atom is 0.339 e. The summed E-state index contributed by atoms with van der Waals surface area (Å²) in [5.74, 6) is -0.758. The van der Waals surface area contributed by atoms with Gasteiger partial charge >= 0.3 is 5.97 Å². The topological polar surface area (TPSA) is 55.8 Å². The number of hydrogen-bond acceptors (Lipinski definition) is 3. The maximum absolute atomic E-state index is 10.9. The predicted octanol–water partition coefficient (Wildman–Crippen LogP) is 2.01. The van der Waals surface area contributed by atoms with Crippen molar-refractivity contribution in [3.8, 4) is 5.75 Å². The molecule has 0 amide bonds. The van der Waals surface area contributed by atoms with E-state index >= 15 is 0 Å². The highest BCUT2D eigenvalue weighted by Crippen LogP contribution is 2.25. The van der Waals surface area contributed by atoms with Crippen LogP contribution in [0.5, 0.6) is 5.75 Å². The minimum atomic E-state index is -1.04. The fourth-order valence-electron chi connectivity index (χ4n) is 1.16. The average Bonchev–Trinajstić information content (AvgIpc) is 2.25. The van der Waals surface area contributed by atoms with E-state index in [9.17, 15) is 4.79 Å². The molecular weight excluding hydrogens is 196 g/mol. The van der Waals surface area contributed by atoms with Crippen molar-refractivity contribution in [2.45, 2.75) is 0 Å². The Morgan fingerprint density at radius 1 is 1.60 bits per heavy atom. The Morgan fingerprint density at radius 2 is 2.33 bits per heavy atom. The van der Waals surface area contributed by atoms with Crippen molar-refractivity contribution in [2.75, 3.05) is 13.9 Å². The molecule has 0 aliphatic carbocycles. The smallest absolute Gasteiger partial charge is 0.339 e. The molecule has 0 aromatic heterocycles. The molecule has 0 saturated carbocycles. The van der Waals surface area contributed by atoms with Crippen molar-refractivity contribution < 1.29 is 19.4 Å². The maximum atomic E-state index is 10.9. The first-order valence-electron chi connectivity index (χ1n) is 4.31. The fourth-order valence-corrected chi connectivity index (χ4v) is 1.16. The van der Waals surface area contributed by atoms with Crippen LogP contribution in [0.1, 0.15) is 15.9 Å². The predicted molar refractivity (Wildman–Crippen MR) is 56.0 cm³/mol. The number of benzene rings is 1. The molecule has 0 atom stereocenters. The van der Waals surface area contributed by atoms with Crippen LogP contribution in [-0.2, 0) is 4.74 Å². The van der Waals surface area contributed by atoms with E-state index in [-0.39, 0.29) is 18.1 Å². The number of rotatable bonds is 5. The summed E-state index contributed by atoms with van der Waals surface area (Å²) in [6.45, 7) is 3.59. The van der Waals surface area contributed by atoms with Crippen molar-refractivity contribution in [1.29, 1.82) is 0 Å². The minimum Gasteiger partial charge on any atom is -0.478 e. The van der Waals surface area contributed by atoms with Crippen LogP contribution in [0.25, 0.3) is 6.08 Å². The monoisotopic (exact) mass is 208 g/mol. The van der Waals surface area contributed by atoms with Gasteiger partial charge in [-0.2, -0.15) is 0 Å². The van der Waals surface area contributed by atoms with Crippen LogP contribution in [0.4, 0.5) is 0 Å². The highest BCUT2D eigenvalue weighted by atomic mass is 16.7. The lowest BCUT2D eigenvalue weighted by Crippen LogP contribution is -2.06. The molecule has 0 bridgehead atoms. The number of carboxylic acid groups (broad SMARTS) is 1. The first-order valence-corrected chi connectivity index (χ1v) is 4.31. The molecule has 1 aromatic rings. The molecule has 1 N–H and O–H groups in total. The molecule has 15 heavy (non-hydrogen) atoms. The standard InChI is InChI=1S/C11H12O4/c1-3-8-5-4-6-9(11(12)13)10(8)15-7-14-2/h3-6H,1,7H2,2H3,(H,12,13). The summed E-state index contributed by atoms with van der Waals surface area (Å²) in [6, 6.07) is 4.84. The lowest BCUT2D eigenvalue weighted by Gasteiger charge is -2.10. The molecule has 4 heteroatoms. The van der Waals surface area contributed by atoms with E-state index in [2.05, 4.69) is 6.58 Å². The van der Waals surface area contributed by atoms with Gasteiger partial charge in [0.1, 0.15) is 11.3 Å². The Balaban J connectivity index is 3.14. The Kier molecular flexibility index (Phi) is 3.88. The van der Waals surface area contributed by atoms with Crippen LogP contribution in [0.3, 0.4) is 0 Å². The molecule has 0 unspecified atom stereocenters. The summed E-state index contributed by atoms with van der Waals surface area (Å²) in [7, 11) is 1.47. The molecule has 0 aliphatic heterocycles. The van der Waals surface area contributed by atoms with E-state index in [1.807, 2.05) is 0 Å². The molecule has 4 nitrogen and oxygen atoms in total. The van der Waals surface area contributed by atoms with Gasteiger partial charge in [-0.05, 0) is 6.07 Å². The summed E-state index contributed by atoms with van der Waals surface area (Å²) >= 11 is 0. The molecule has 0 aliphatic rings. The lowest BCUT2D eigenvalue weighted by molar-refractivity contribution is 0.0482. The van der Waals surface area contributed by atoms with Crippen molar-refractivity contribution in [3.63, 3.8) is 0 Å². The van der Waals surface area contributed by atoms with Crippen LogP contribution >= 0.6 is 0 Å². The summed E-state index contributed by atoms with van der Waals surface area (Å²) in [5, 5.41) is 8.93. The third-order valence-corrected chi connectivity index (χ3v) is 1.82. The van der Waals surface area contributed by atoms with E-state index in [0.29, 0.717) is 5.56 Å². The van der Waals surface area contributed by atoms with Gasteiger partial charge in [-0.3, -0.25) is 0 Å². The Hall–Kier alpha value is -1.81. The van der Waals surface area contributed by atoms with Gasteiger partial charge in [-0.1, -0.05) is 24.8 Å². The molecular formula is C11H12O4. The van der Waals surface area contributed by atoms with Gasteiger partial charge in [0.2, 0.25) is 0 Å². The third-order valence-electron chi connectivity index (χ3n) is 1.82. The largest absolute Gasteiger partial charge is 0.478 e. The zero-order valence-electron chi connectivity index (χ0n) is 8.40. The Morgan fingerprint density at radius 3 is 2.87 bits per heavy atom. The van der Waals surface area contributed by atoms with Crippen LogP contribution in [0.15, 0.2) is 24.8 Å². The number of carboxylic acids is 1. The summed E-state index contributed by atoms with van der Waals surface area (Å²) < 4.78 is 9.93. The van der Waals surface area contributed by atoms with Crippen molar-refractivity contribution in [1.82, 2.24) is 0 Å². The minimum absolute atomic E-state index is 0.00509. The van der Waals surface area contributed by atoms with E-state index in [4.69, 9.17) is 14.6 Å². The number of aromatic carboxylic acids is 1. The average molecular weight is 208 g/mol. The zero-order chi connectivity index (χ0) is 11.3. The molecule has 0 radical (unpaired) electrons. The van der Waals surface area contributed by atoms with Crippen LogP contribution in [-0.4, -0.2) is 25.0 Å². The zero-order valence-corrected chi connectivity index (χ0v) is 8.40. The third kappa shape index (κ3) is 2.57. The van der Waals surface area contributed by atoms with Gasteiger partial charge < -0.3 is 14.6 Å². The van der Waals surface area contributed by atoms with Crippen molar-refractivity contribution >= 4 is 12.0 Å². The fraction of sp³-hybridized carbons (Fsp3) is 0.182. The molecule has 1 aromatic carbocycles. The summed E-state index contributed by atoms with van der Waals surface area (Å²) in [6.07, 6.45) is 1.54. The summed E-state index contributed by atoms with van der Waals surface area (Å²) in [5.41, 5.74) is 0.733. The normalized spacial score (nSPS) is 9.67. The highest BCUT2D eigenvalue weighted by molar-refractivity contribution is 5.92. The van der Waals surface area contributed by atoms with E-state index < -0.39 is 5.97 Å². The van der Waals surface area contributed by atoms with Crippen LogP contribution in [0, 0.1) is 0 Å². The quantitative estimate of drug-likeness (QED) is 0.752. The van der Waals surface area contributed by atoms with Gasteiger partial charge in [0, 0.05) is 12.7 Å². The second-order valence-electron chi connectivity index (χ2n) is 2.78. The molecule has 1 rings (SSSR count). The van der Waals surface area contributed by atoms with E-state index in [1.54, 1.807) is 12.1 Å². The van der Waals surface area contributed by atoms with Crippen molar-refractivity contribution in [3.05, 3.63) is 35.9 Å². The Labute approximate surface area is 87.7 Å². The van der Waals surface area contributed by atoms with Gasteiger partial charge in [-0.15, -0.1) is 0 Å². The number of para-hydroxylation sites is 1. The van der Waals surface area contributed by atoms with Crippen LogP contribution in [0.2, 0.25) is 0 Å². The Bertz CT molecular complexity index is 371. The number of methoxy groups -OCH3 is 1. The molecule has 0 saturated heterocycles. The number of hydrogen-bond donors (Lipinski definition) is 1. The molecule has 0 heterocycles. The van der Waals surface area contributed by atoms with Crippen molar-refractivity contribution in [2.24, 2.45) is 0 Å². The lowest BCUT2D eigenvalue weighted by atomic mass is 10.1. The highest BCUT2D eigenvalue weighted by Gasteiger charge is 2.13. The number of carbonyl (C=O) groups is 1. The summed E-state index contributed by atoms with van der Waals surface area (Å²) in [4.78, 5) is 10.9. The van der Waals surface area contributed by atoms with Gasteiger partial charge in [0.15, 0.2) is 6.79 Å². The SMILES string of the molecule is C=Cc1cccc(C(=O)O)c1OCOC. The van der Waals surface area contributed by atoms with Gasteiger partial charge in [0.25, 0.3) is 0 Å². The van der Waals surface area contributed by atoms with E-state index in [1.165, 1.54) is 19.3 Å². The molecule has 0 spiro atoms. The second kappa shape index (κ2) is 5.17. The van der Waals surface area contributed by atoms with E-state index in [0.717, 1.165) is 0 Å². The van der Waals surface area contributed by atoms with Crippen LogP contribution < -0.4 is 4.74 Å². The first-order chi connectivity index (χ1) is 7.20. The second-order valence-corrected chi connectivity index (χ2v) is 2.78. The van der Waals surface area contributed by atoms with Gasteiger partial charge in [-0.25, -0.2) is 4.79 Å². The molecule has 0 fully saturated rings. The molecule has 80 valence electrons.